The first-order valence-corrected chi connectivity index (χ1v) is 9.48. The van der Waals surface area contributed by atoms with Gasteiger partial charge in [-0.25, -0.2) is 4.79 Å². The molecule has 26 heavy (non-hydrogen) atoms. The number of nitrogens with one attached hydrogen (secondary N) is 3. The zero-order valence-corrected chi connectivity index (χ0v) is 14.9. The van der Waals surface area contributed by atoms with E-state index in [1.54, 1.807) is 0 Å². The van der Waals surface area contributed by atoms with Crippen molar-refractivity contribution in [1.29, 1.82) is 0 Å². The molecule has 1 amide bonds. The van der Waals surface area contributed by atoms with Crippen LogP contribution >= 0.6 is 0 Å². The van der Waals surface area contributed by atoms with Gasteiger partial charge in [0.05, 0.1) is 23.6 Å². The molecule has 0 spiro atoms. The summed E-state index contributed by atoms with van der Waals surface area (Å²) >= 11 is 0. The van der Waals surface area contributed by atoms with Crippen molar-refractivity contribution >= 4 is 16.9 Å². The highest BCUT2D eigenvalue weighted by molar-refractivity contribution is 5.81. The predicted octanol–water partition coefficient (Wildman–Crippen LogP) is 1.02. The number of carbonyl (C=O) groups is 1. The number of rotatable bonds is 5. The van der Waals surface area contributed by atoms with Crippen LogP contribution in [-0.2, 0) is 16.0 Å². The fourth-order valence-corrected chi connectivity index (χ4v) is 3.87. The first-order valence-electron chi connectivity index (χ1n) is 9.48. The topological polar surface area (TPSA) is 90.2 Å². The van der Waals surface area contributed by atoms with Crippen molar-refractivity contribution in [3.8, 4) is 0 Å². The molecule has 2 saturated heterocycles. The molecule has 2 aliphatic heterocycles. The second-order valence-corrected chi connectivity index (χ2v) is 7.41. The maximum Gasteiger partial charge on any atom is 0.323 e. The number of likely N-dealkylation sites (tertiary alicyclic amines) is 1. The zero-order chi connectivity index (χ0) is 17.9. The number of carbonyl (C=O) groups excluding carboxylic acids is 1. The Labute approximate surface area is 152 Å². The molecule has 0 radical (unpaired) electrons. The van der Waals surface area contributed by atoms with Crippen molar-refractivity contribution in [3.63, 3.8) is 0 Å². The van der Waals surface area contributed by atoms with Gasteiger partial charge in [0.2, 0.25) is 5.91 Å². The molecule has 1 aromatic heterocycles. The number of nitrogens with zero attached hydrogens (tertiary/aromatic N) is 1. The van der Waals surface area contributed by atoms with Crippen molar-refractivity contribution in [1.82, 2.24) is 20.2 Å². The summed E-state index contributed by atoms with van der Waals surface area (Å²) in [7, 11) is 0. The third-order valence-electron chi connectivity index (χ3n) is 5.49. The molecule has 1 aromatic carbocycles. The Bertz CT molecular complexity index is 814. The summed E-state index contributed by atoms with van der Waals surface area (Å²) in [6.07, 6.45) is 3.86. The summed E-state index contributed by atoms with van der Waals surface area (Å²) in [5, 5.41) is 3.32. The minimum Gasteiger partial charge on any atom is -0.377 e. The van der Waals surface area contributed by atoms with E-state index in [2.05, 4.69) is 15.3 Å². The summed E-state index contributed by atoms with van der Waals surface area (Å²) in [6.45, 7) is 4.44. The fourth-order valence-electron chi connectivity index (χ4n) is 3.87. The summed E-state index contributed by atoms with van der Waals surface area (Å²) < 4.78 is 5.98. The maximum absolute atomic E-state index is 12.6. The quantitative estimate of drug-likeness (QED) is 0.744. The molecule has 1 atom stereocenters. The number of H-pyrrole nitrogens is 2. The average molecular weight is 358 g/mol. The van der Waals surface area contributed by atoms with Crippen molar-refractivity contribution in [2.75, 3.05) is 32.8 Å². The average Bonchev–Trinajstić information content (AvgIpc) is 3.28. The Morgan fingerprint density at radius 3 is 2.73 bits per heavy atom. The van der Waals surface area contributed by atoms with Crippen molar-refractivity contribution in [2.45, 2.75) is 31.8 Å². The van der Waals surface area contributed by atoms with Gasteiger partial charge in [0.25, 0.3) is 0 Å². The highest BCUT2D eigenvalue weighted by Crippen LogP contribution is 2.20. The van der Waals surface area contributed by atoms with Crippen LogP contribution in [-0.4, -0.2) is 59.7 Å². The van der Waals surface area contributed by atoms with Gasteiger partial charge in [0.1, 0.15) is 0 Å². The number of aromatic nitrogens is 2. The normalized spacial score (nSPS) is 21.5. The standard InChI is InChI=1S/C19H26N4O3/c24-18(10-14-1-2-16-17(9-14)22-19(25)21-16)23-7-4-13(5-8-23)12-26-15-3-6-20-11-15/h1-2,9,13,15,20H,3-8,10-12H2,(H2,21,22,25). The van der Waals surface area contributed by atoms with Crippen LogP contribution in [0, 0.1) is 5.92 Å². The maximum atomic E-state index is 12.6. The van der Waals surface area contributed by atoms with E-state index in [0.29, 0.717) is 18.4 Å². The highest BCUT2D eigenvalue weighted by Gasteiger charge is 2.24. The molecule has 2 fully saturated rings. The minimum absolute atomic E-state index is 0.154. The van der Waals surface area contributed by atoms with E-state index in [9.17, 15) is 9.59 Å². The lowest BCUT2D eigenvalue weighted by molar-refractivity contribution is -0.132. The van der Waals surface area contributed by atoms with Gasteiger partial charge in [-0.1, -0.05) is 6.07 Å². The van der Waals surface area contributed by atoms with Gasteiger partial charge < -0.3 is 24.9 Å². The molecule has 0 aliphatic carbocycles. The van der Waals surface area contributed by atoms with Crippen LogP contribution in [0.4, 0.5) is 0 Å². The Morgan fingerprint density at radius 2 is 1.96 bits per heavy atom. The van der Waals surface area contributed by atoms with E-state index in [1.165, 1.54) is 0 Å². The van der Waals surface area contributed by atoms with E-state index in [4.69, 9.17) is 4.74 Å². The fraction of sp³-hybridized carbons (Fsp3) is 0.579. The zero-order valence-electron chi connectivity index (χ0n) is 14.9. The molecule has 140 valence electrons. The molecule has 4 rings (SSSR count). The third kappa shape index (κ3) is 3.99. The second-order valence-electron chi connectivity index (χ2n) is 7.41. The molecule has 2 aliphatic rings. The Morgan fingerprint density at radius 1 is 1.15 bits per heavy atom. The number of hydrogen-bond donors (Lipinski definition) is 3. The molecule has 0 saturated carbocycles. The lowest BCUT2D eigenvalue weighted by Crippen LogP contribution is -2.40. The molecule has 7 nitrogen and oxygen atoms in total. The number of aromatic amines is 2. The van der Waals surface area contributed by atoms with E-state index in [0.717, 1.165) is 68.6 Å². The van der Waals surface area contributed by atoms with Crippen LogP contribution < -0.4 is 11.0 Å². The van der Waals surface area contributed by atoms with Gasteiger partial charge in [0.15, 0.2) is 0 Å². The Kier molecular flexibility index (Phi) is 5.08. The summed E-state index contributed by atoms with van der Waals surface area (Å²) in [5.74, 6) is 0.711. The van der Waals surface area contributed by atoms with Gasteiger partial charge in [-0.3, -0.25) is 4.79 Å². The van der Waals surface area contributed by atoms with Gasteiger partial charge in [-0.15, -0.1) is 0 Å². The number of benzene rings is 1. The van der Waals surface area contributed by atoms with Gasteiger partial charge in [-0.05, 0) is 49.4 Å². The monoisotopic (exact) mass is 358 g/mol. The lowest BCUT2D eigenvalue weighted by Gasteiger charge is -2.32. The third-order valence-corrected chi connectivity index (χ3v) is 5.49. The number of fused-ring (bicyclic) bond motifs is 1. The minimum atomic E-state index is -0.221. The summed E-state index contributed by atoms with van der Waals surface area (Å²) in [6, 6.07) is 5.62. The van der Waals surface area contributed by atoms with Crippen LogP contribution in [0.25, 0.3) is 11.0 Å². The molecular weight excluding hydrogens is 332 g/mol. The number of ether oxygens (including phenoxy) is 1. The van der Waals surface area contributed by atoms with E-state index >= 15 is 0 Å². The molecule has 1 unspecified atom stereocenters. The van der Waals surface area contributed by atoms with Gasteiger partial charge in [-0.2, -0.15) is 0 Å². The van der Waals surface area contributed by atoms with Crippen molar-refractivity contribution in [2.24, 2.45) is 5.92 Å². The summed E-state index contributed by atoms with van der Waals surface area (Å²) in [5.41, 5.74) is 2.22. The molecule has 2 aromatic rings. The SMILES string of the molecule is O=C(Cc1ccc2[nH]c(=O)[nH]c2c1)N1CCC(COC2CCNC2)CC1. The van der Waals surface area contributed by atoms with Gasteiger partial charge >= 0.3 is 5.69 Å². The Hall–Kier alpha value is -2.12. The number of amides is 1. The largest absolute Gasteiger partial charge is 0.377 e. The second kappa shape index (κ2) is 7.63. The van der Waals surface area contributed by atoms with Crippen molar-refractivity contribution < 1.29 is 9.53 Å². The summed E-state index contributed by atoms with van der Waals surface area (Å²) in [4.78, 5) is 31.3. The van der Waals surface area contributed by atoms with E-state index in [-0.39, 0.29) is 11.6 Å². The first kappa shape index (κ1) is 17.3. The Balaban J connectivity index is 1.26. The molecular formula is C19H26N4O3. The van der Waals surface area contributed by atoms with Crippen molar-refractivity contribution in [3.05, 3.63) is 34.2 Å². The smallest absolute Gasteiger partial charge is 0.323 e. The molecule has 3 heterocycles. The van der Waals surface area contributed by atoms with Crippen LogP contribution in [0.1, 0.15) is 24.8 Å². The van der Waals surface area contributed by atoms with E-state index in [1.807, 2.05) is 23.1 Å². The van der Waals surface area contributed by atoms with Crippen LogP contribution in [0.2, 0.25) is 0 Å². The predicted molar refractivity (Wildman–Crippen MR) is 99.2 cm³/mol. The first-order chi connectivity index (χ1) is 12.7. The van der Waals surface area contributed by atoms with Crippen LogP contribution in [0.15, 0.2) is 23.0 Å². The number of hydrogen-bond acceptors (Lipinski definition) is 4. The molecule has 7 heteroatoms. The van der Waals surface area contributed by atoms with Gasteiger partial charge in [0, 0.05) is 26.2 Å². The van der Waals surface area contributed by atoms with Crippen LogP contribution in [0.3, 0.4) is 0 Å². The molecule has 3 N–H and O–H groups in total. The lowest BCUT2D eigenvalue weighted by atomic mass is 9.97. The number of piperidine rings is 1. The van der Waals surface area contributed by atoms with E-state index < -0.39 is 0 Å². The molecule has 0 bridgehead atoms. The number of imidazole rings is 1. The highest BCUT2D eigenvalue weighted by atomic mass is 16.5. The van der Waals surface area contributed by atoms with Crippen LogP contribution in [0.5, 0.6) is 0 Å².